The van der Waals surface area contributed by atoms with Crippen LogP contribution in [-0.4, -0.2) is 23.6 Å². The third kappa shape index (κ3) is 2.83. The Morgan fingerprint density at radius 2 is 2.20 bits per heavy atom. The molecule has 3 N–H and O–H groups in total. The van der Waals surface area contributed by atoms with Crippen molar-refractivity contribution in [1.82, 2.24) is 4.98 Å². The quantitative estimate of drug-likeness (QED) is 0.727. The molecule has 0 spiro atoms. The molecule has 0 aliphatic heterocycles. The first-order valence-corrected chi connectivity index (χ1v) is 4.54. The molecule has 0 aromatic carbocycles. The smallest absolute Gasteiger partial charge is 0.330 e. The van der Waals surface area contributed by atoms with Crippen molar-refractivity contribution in [3.8, 4) is 0 Å². The summed E-state index contributed by atoms with van der Waals surface area (Å²) in [7, 11) is 1.35. The molecule has 1 aromatic heterocycles. The van der Waals surface area contributed by atoms with Crippen molar-refractivity contribution in [2.75, 3.05) is 18.2 Å². The summed E-state index contributed by atoms with van der Waals surface area (Å²) in [6, 6.07) is 3.42. The van der Waals surface area contributed by atoms with Gasteiger partial charge in [0, 0.05) is 0 Å². The number of hydrogen-bond donors (Lipinski definition) is 2. The van der Waals surface area contributed by atoms with E-state index < -0.39 is 5.54 Å². The fourth-order valence-electron chi connectivity index (χ4n) is 1.11. The number of carbonyl (C=O) groups is 1. The van der Waals surface area contributed by atoms with Crippen molar-refractivity contribution in [3.05, 3.63) is 18.3 Å². The first-order valence-electron chi connectivity index (χ1n) is 4.54. The van der Waals surface area contributed by atoms with E-state index in [0.29, 0.717) is 11.5 Å². The van der Waals surface area contributed by atoms with E-state index in [1.54, 1.807) is 26.0 Å². The van der Waals surface area contributed by atoms with Gasteiger partial charge in [0.1, 0.15) is 11.4 Å². The summed E-state index contributed by atoms with van der Waals surface area (Å²) in [5, 5.41) is 2.95. The summed E-state index contributed by atoms with van der Waals surface area (Å²) < 4.78 is 4.66. The summed E-state index contributed by atoms with van der Waals surface area (Å²) in [5.41, 5.74) is 5.27. The zero-order chi connectivity index (χ0) is 11.5. The van der Waals surface area contributed by atoms with Crippen LogP contribution in [0.1, 0.15) is 13.8 Å². The molecular weight excluding hydrogens is 194 g/mol. The molecule has 5 heteroatoms. The number of carbonyl (C=O) groups excluding carboxylic acids is 1. The van der Waals surface area contributed by atoms with Crippen molar-refractivity contribution >= 4 is 17.5 Å². The molecular formula is C10H15N3O2. The fourth-order valence-corrected chi connectivity index (χ4v) is 1.11. The van der Waals surface area contributed by atoms with Crippen molar-refractivity contribution < 1.29 is 9.53 Å². The van der Waals surface area contributed by atoms with Gasteiger partial charge >= 0.3 is 5.97 Å². The number of pyridine rings is 1. The van der Waals surface area contributed by atoms with Crippen LogP contribution in [0.4, 0.5) is 11.5 Å². The molecule has 15 heavy (non-hydrogen) atoms. The van der Waals surface area contributed by atoms with Gasteiger partial charge < -0.3 is 15.8 Å². The fraction of sp³-hybridized carbons (Fsp3) is 0.400. The van der Waals surface area contributed by atoms with Gasteiger partial charge in [0.25, 0.3) is 0 Å². The molecule has 0 unspecified atom stereocenters. The first-order chi connectivity index (χ1) is 6.95. The molecule has 0 bridgehead atoms. The minimum Gasteiger partial charge on any atom is -0.467 e. The van der Waals surface area contributed by atoms with Gasteiger partial charge in [0.05, 0.1) is 19.0 Å². The van der Waals surface area contributed by atoms with Gasteiger partial charge in [-0.15, -0.1) is 0 Å². The number of methoxy groups -OCH3 is 1. The van der Waals surface area contributed by atoms with Gasteiger partial charge in [-0.05, 0) is 26.0 Å². The van der Waals surface area contributed by atoms with E-state index in [4.69, 9.17) is 5.73 Å². The van der Waals surface area contributed by atoms with Crippen molar-refractivity contribution in [2.24, 2.45) is 0 Å². The average molecular weight is 209 g/mol. The maximum absolute atomic E-state index is 11.4. The van der Waals surface area contributed by atoms with Crippen LogP contribution >= 0.6 is 0 Å². The highest BCUT2D eigenvalue weighted by atomic mass is 16.5. The Morgan fingerprint density at radius 3 is 2.67 bits per heavy atom. The molecule has 0 fully saturated rings. The van der Waals surface area contributed by atoms with Crippen molar-refractivity contribution in [2.45, 2.75) is 19.4 Å². The number of nitrogens with two attached hydrogens (primary N) is 1. The number of anilines is 2. The second kappa shape index (κ2) is 4.16. The number of rotatable bonds is 3. The van der Waals surface area contributed by atoms with E-state index in [1.165, 1.54) is 13.3 Å². The van der Waals surface area contributed by atoms with Gasteiger partial charge in [-0.2, -0.15) is 0 Å². The lowest BCUT2D eigenvalue weighted by atomic mass is 10.1. The van der Waals surface area contributed by atoms with Crippen molar-refractivity contribution in [1.29, 1.82) is 0 Å². The second-order valence-electron chi connectivity index (χ2n) is 3.72. The van der Waals surface area contributed by atoms with Crippen LogP contribution in [0.3, 0.4) is 0 Å². The Balaban J connectivity index is 2.77. The minimum absolute atomic E-state index is 0.346. The molecule has 0 saturated heterocycles. The Hall–Kier alpha value is -1.78. The topological polar surface area (TPSA) is 77.2 Å². The van der Waals surface area contributed by atoms with Crippen molar-refractivity contribution in [3.63, 3.8) is 0 Å². The highest BCUT2D eigenvalue weighted by Gasteiger charge is 2.28. The van der Waals surface area contributed by atoms with Gasteiger partial charge in [0.2, 0.25) is 0 Å². The van der Waals surface area contributed by atoms with Crippen LogP contribution in [0.25, 0.3) is 0 Å². The lowest BCUT2D eigenvalue weighted by molar-refractivity contribution is -0.144. The van der Waals surface area contributed by atoms with Gasteiger partial charge in [-0.3, -0.25) is 0 Å². The Labute approximate surface area is 88.6 Å². The number of nitrogen functional groups attached to an aromatic ring is 1. The van der Waals surface area contributed by atoms with Crippen LogP contribution in [0.2, 0.25) is 0 Å². The van der Waals surface area contributed by atoms with Crippen LogP contribution in [0.5, 0.6) is 0 Å². The van der Waals surface area contributed by atoms with E-state index in [1.807, 2.05) is 0 Å². The summed E-state index contributed by atoms with van der Waals surface area (Å²) in [6.45, 7) is 3.44. The van der Waals surface area contributed by atoms with Crippen LogP contribution < -0.4 is 11.1 Å². The van der Waals surface area contributed by atoms with E-state index in [2.05, 4.69) is 15.0 Å². The normalized spacial score (nSPS) is 10.9. The molecule has 82 valence electrons. The average Bonchev–Trinajstić information content (AvgIpc) is 2.20. The third-order valence-corrected chi connectivity index (χ3v) is 1.92. The number of aromatic nitrogens is 1. The van der Waals surface area contributed by atoms with Gasteiger partial charge in [-0.1, -0.05) is 0 Å². The zero-order valence-corrected chi connectivity index (χ0v) is 9.07. The second-order valence-corrected chi connectivity index (χ2v) is 3.72. The number of esters is 1. The number of nitrogens with one attached hydrogen (secondary N) is 1. The van der Waals surface area contributed by atoms with E-state index in [9.17, 15) is 4.79 Å². The highest BCUT2D eigenvalue weighted by molar-refractivity contribution is 5.83. The number of ether oxygens (including phenoxy) is 1. The predicted molar refractivity (Wildman–Crippen MR) is 58.4 cm³/mol. The highest BCUT2D eigenvalue weighted by Crippen LogP contribution is 2.14. The van der Waals surface area contributed by atoms with E-state index in [-0.39, 0.29) is 5.97 Å². The monoisotopic (exact) mass is 209 g/mol. The van der Waals surface area contributed by atoms with E-state index >= 15 is 0 Å². The summed E-state index contributed by atoms with van der Waals surface area (Å²) in [5.74, 6) is 0.237. The maximum Gasteiger partial charge on any atom is 0.330 e. The summed E-state index contributed by atoms with van der Waals surface area (Å²) >= 11 is 0. The Bertz CT molecular complexity index is 346. The van der Waals surface area contributed by atoms with Crippen LogP contribution in [0, 0.1) is 0 Å². The SMILES string of the molecule is COC(=O)C(C)(C)Nc1ccc(N)cn1. The Kier molecular flexibility index (Phi) is 3.14. The van der Waals surface area contributed by atoms with Gasteiger partial charge in [-0.25, -0.2) is 9.78 Å². The summed E-state index contributed by atoms with van der Waals surface area (Å²) in [4.78, 5) is 15.4. The largest absolute Gasteiger partial charge is 0.467 e. The summed E-state index contributed by atoms with van der Waals surface area (Å²) in [6.07, 6.45) is 1.52. The molecule has 5 nitrogen and oxygen atoms in total. The molecule has 1 rings (SSSR count). The lowest BCUT2D eigenvalue weighted by Gasteiger charge is -2.23. The standard InChI is InChI=1S/C10H15N3O2/c1-10(2,9(14)15-3)13-8-5-4-7(11)6-12-8/h4-6H,11H2,1-3H3,(H,12,13). The maximum atomic E-state index is 11.4. The van der Waals surface area contributed by atoms with Gasteiger partial charge in [0.15, 0.2) is 0 Å². The molecule has 0 radical (unpaired) electrons. The molecule has 1 aromatic rings. The zero-order valence-electron chi connectivity index (χ0n) is 9.07. The molecule has 0 aliphatic carbocycles. The molecule has 0 amide bonds. The molecule has 0 atom stereocenters. The lowest BCUT2D eigenvalue weighted by Crippen LogP contribution is -2.41. The Morgan fingerprint density at radius 1 is 1.53 bits per heavy atom. The number of nitrogens with zero attached hydrogens (tertiary/aromatic N) is 1. The molecule has 1 heterocycles. The van der Waals surface area contributed by atoms with E-state index in [0.717, 1.165) is 0 Å². The molecule has 0 aliphatic rings. The first kappa shape index (κ1) is 11.3. The molecule has 0 saturated carbocycles. The number of hydrogen-bond acceptors (Lipinski definition) is 5. The third-order valence-electron chi connectivity index (χ3n) is 1.92. The minimum atomic E-state index is -0.808. The van der Waals surface area contributed by atoms with Crippen LogP contribution in [0.15, 0.2) is 18.3 Å². The van der Waals surface area contributed by atoms with Crippen LogP contribution in [-0.2, 0) is 9.53 Å². The predicted octanol–water partition coefficient (Wildman–Crippen LogP) is 1.03.